The zero-order chi connectivity index (χ0) is 24.8. The van der Waals surface area contributed by atoms with E-state index in [4.69, 9.17) is 24.4 Å². The smallest absolute Gasteiger partial charge is 0.409 e. The summed E-state index contributed by atoms with van der Waals surface area (Å²) in [7, 11) is 1.58. The Balaban J connectivity index is 1.35. The molecule has 3 aromatic rings. The van der Waals surface area contributed by atoms with Crippen LogP contribution in [0.4, 0.5) is 4.79 Å². The van der Waals surface area contributed by atoms with Crippen LogP contribution in [0.15, 0.2) is 53.4 Å². The second-order valence-electron chi connectivity index (χ2n) is 8.66. The first-order valence-electron chi connectivity index (χ1n) is 11.3. The molecule has 9 nitrogen and oxygen atoms in total. The minimum absolute atomic E-state index is 0.0629. The van der Waals surface area contributed by atoms with E-state index >= 15 is 0 Å². The summed E-state index contributed by atoms with van der Waals surface area (Å²) in [6.07, 6.45) is 3.38. The topological polar surface area (TPSA) is 126 Å². The van der Waals surface area contributed by atoms with Gasteiger partial charge in [0.2, 0.25) is 0 Å². The molecule has 2 heterocycles. The summed E-state index contributed by atoms with van der Waals surface area (Å²) in [6, 6.07) is 11.4. The van der Waals surface area contributed by atoms with Crippen LogP contribution in [0.2, 0.25) is 0 Å². The van der Waals surface area contributed by atoms with Crippen molar-refractivity contribution in [1.29, 1.82) is 0 Å². The molecule has 0 bridgehead atoms. The Morgan fingerprint density at radius 3 is 2.63 bits per heavy atom. The van der Waals surface area contributed by atoms with Crippen molar-refractivity contribution in [3.05, 3.63) is 71.2 Å². The summed E-state index contributed by atoms with van der Waals surface area (Å²) in [5, 5.41) is 2.73. The third-order valence-corrected chi connectivity index (χ3v) is 5.91. The fourth-order valence-corrected chi connectivity index (χ4v) is 3.97. The molecule has 1 aliphatic rings. The van der Waals surface area contributed by atoms with Crippen molar-refractivity contribution in [3.8, 4) is 17.1 Å². The van der Waals surface area contributed by atoms with Crippen molar-refractivity contribution in [1.82, 2.24) is 10.3 Å². The number of nitrogens with one attached hydrogen (secondary N) is 1. The molecular weight excluding hydrogens is 450 g/mol. The van der Waals surface area contributed by atoms with Gasteiger partial charge in [0.1, 0.15) is 18.1 Å². The van der Waals surface area contributed by atoms with Crippen molar-refractivity contribution in [2.75, 3.05) is 20.3 Å². The first-order valence-corrected chi connectivity index (χ1v) is 11.3. The van der Waals surface area contributed by atoms with Crippen LogP contribution in [0.5, 0.6) is 5.75 Å². The number of aromatic nitrogens is 1. The highest BCUT2D eigenvalue weighted by molar-refractivity contribution is 5.83. The standard InChI is InChI=1S/C26H29N3O6/c1-17-3-4-18(9-20(17)13-29-25(31)35-26(27)7-8-33-15-26)10-21(30)11-19-5-6-22(23(12-19)32-2)24-14-28-16-34-24/h3-6,9,12,14,16H,7-8,10-11,13,15,27H2,1-2H3,(H,29,31)/t26-/m0/s1. The van der Waals surface area contributed by atoms with E-state index in [1.165, 1.54) is 6.39 Å². The SMILES string of the molecule is COc1cc(CC(=O)Cc2ccc(C)c(CNC(=O)O[C@@]3(N)CCOC3)c2)ccc1-c1cnco1. The minimum Gasteiger partial charge on any atom is -0.496 e. The quantitative estimate of drug-likeness (QED) is 0.448. The van der Waals surface area contributed by atoms with Gasteiger partial charge in [-0.05, 0) is 41.3 Å². The Hall–Kier alpha value is -3.69. The van der Waals surface area contributed by atoms with Gasteiger partial charge in [-0.15, -0.1) is 0 Å². The molecule has 4 rings (SSSR count). The number of Topliss-reactive ketones (excluding diaryl/α,β-unsaturated/α-hetero) is 1. The van der Waals surface area contributed by atoms with Gasteiger partial charge in [0, 0.05) is 25.8 Å². The summed E-state index contributed by atoms with van der Waals surface area (Å²) in [5.41, 5.74) is 9.30. The van der Waals surface area contributed by atoms with Gasteiger partial charge >= 0.3 is 6.09 Å². The van der Waals surface area contributed by atoms with Crippen molar-refractivity contribution in [2.24, 2.45) is 5.73 Å². The van der Waals surface area contributed by atoms with Gasteiger partial charge < -0.3 is 23.9 Å². The molecule has 9 heteroatoms. The van der Waals surface area contributed by atoms with Crippen molar-refractivity contribution >= 4 is 11.9 Å². The lowest BCUT2D eigenvalue weighted by molar-refractivity contribution is -0.117. The van der Waals surface area contributed by atoms with Crippen LogP contribution >= 0.6 is 0 Å². The Labute approximate surface area is 203 Å². The molecule has 0 saturated carbocycles. The Morgan fingerprint density at radius 1 is 1.17 bits per heavy atom. The molecular formula is C26H29N3O6. The number of alkyl carbamates (subject to hydrolysis) is 1. The molecule has 1 atom stereocenters. The van der Waals surface area contributed by atoms with E-state index in [0.29, 0.717) is 24.5 Å². The van der Waals surface area contributed by atoms with E-state index in [0.717, 1.165) is 27.8 Å². The molecule has 0 unspecified atom stereocenters. The third-order valence-electron chi connectivity index (χ3n) is 5.91. The molecule has 2 aromatic carbocycles. The number of methoxy groups -OCH3 is 1. The predicted molar refractivity (Wildman–Crippen MR) is 128 cm³/mol. The van der Waals surface area contributed by atoms with Crippen LogP contribution in [0.25, 0.3) is 11.3 Å². The normalized spacial score (nSPS) is 17.2. The number of oxazole rings is 1. The number of hydrogen-bond acceptors (Lipinski definition) is 8. The number of ketones is 1. The largest absolute Gasteiger partial charge is 0.496 e. The maximum absolute atomic E-state index is 12.8. The van der Waals surface area contributed by atoms with Crippen molar-refractivity contribution in [2.45, 2.75) is 38.5 Å². The lowest BCUT2D eigenvalue weighted by Gasteiger charge is -2.22. The molecule has 3 N–H and O–H groups in total. The molecule has 184 valence electrons. The third kappa shape index (κ3) is 6.26. The molecule has 1 fully saturated rings. The van der Waals surface area contributed by atoms with E-state index in [9.17, 15) is 9.59 Å². The van der Waals surface area contributed by atoms with Crippen LogP contribution in [-0.2, 0) is 33.7 Å². The number of benzene rings is 2. The lowest BCUT2D eigenvalue weighted by Crippen LogP contribution is -2.47. The zero-order valence-electron chi connectivity index (χ0n) is 19.8. The average molecular weight is 480 g/mol. The summed E-state index contributed by atoms with van der Waals surface area (Å²) >= 11 is 0. The molecule has 0 spiro atoms. The maximum Gasteiger partial charge on any atom is 0.409 e. The number of nitrogens with zero attached hydrogens (tertiary/aromatic N) is 1. The average Bonchev–Trinajstić information content (AvgIpc) is 3.51. The number of carbonyl (C=O) groups is 2. The lowest BCUT2D eigenvalue weighted by atomic mass is 9.98. The highest BCUT2D eigenvalue weighted by atomic mass is 16.6. The summed E-state index contributed by atoms with van der Waals surface area (Å²) in [5.74, 6) is 1.28. The number of nitrogens with two attached hydrogens (primary N) is 1. The summed E-state index contributed by atoms with van der Waals surface area (Å²) < 4.78 is 21.3. The number of hydrogen-bond donors (Lipinski definition) is 2. The van der Waals surface area contributed by atoms with Gasteiger partial charge in [-0.1, -0.05) is 24.3 Å². The molecule has 1 aliphatic heterocycles. The van der Waals surface area contributed by atoms with E-state index in [2.05, 4.69) is 10.3 Å². The van der Waals surface area contributed by atoms with Gasteiger partial charge in [-0.3, -0.25) is 10.5 Å². The van der Waals surface area contributed by atoms with Gasteiger partial charge in [-0.2, -0.15) is 0 Å². The summed E-state index contributed by atoms with van der Waals surface area (Å²) in [6.45, 7) is 2.87. The summed E-state index contributed by atoms with van der Waals surface area (Å²) in [4.78, 5) is 28.9. The van der Waals surface area contributed by atoms with E-state index in [1.807, 2.05) is 43.3 Å². The van der Waals surface area contributed by atoms with Gasteiger partial charge in [0.15, 0.2) is 17.9 Å². The minimum atomic E-state index is -1.08. The first-order chi connectivity index (χ1) is 16.8. The van der Waals surface area contributed by atoms with E-state index in [1.54, 1.807) is 13.3 Å². The van der Waals surface area contributed by atoms with Crippen LogP contribution in [0.1, 0.15) is 28.7 Å². The first kappa shape index (κ1) is 24.4. The predicted octanol–water partition coefficient (Wildman–Crippen LogP) is 3.31. The Morgan fingerprint density at radius 2 is 1.94 bits per heavy atom. The van der Waals surface area contributed by atoms with Gasteiger partial charge in [-0.25, -0.2) is 9.78 Å². The number of rotatable bonds is 9. The molecule has 1 amide bonds. The fraction of sp³-hybridized carbons (Fsp3) is 0.346. The van der Waals surface area contributed by atoms with Gasteiger partial charge in [0.05, 0.1) is 25.5 Å². The monoisotopic (exact) mass is 479 g/mol. The Bertz CT molecular complexity index is 1190. The highest BCUT2D eigenvalue weighted by Crippen LogP contribution is 2.31. The molecule has 1 saturated heterocycles. The van der Waals surface area contributed by atoms with Crippen molar-refractivity contribution < 1.29 is 28.2 Å². The maximum atomic E-state index is 12.8. The molecule has 0 radical (unpaired) electrons. The fourth-order valence-electron chi connectivity index (χ4n) is 3.97. The number of aryl methyl sites for hydroxylation is 1. The van der Waals surface area contributed by atoms with Gasteiger partial charge in [0.25, 0.3) is 0 Å². The zero-order valence-corrected chi connectivity index (χ0v) is 19.8. The molecule has 35 heavy (non-hydrogen) atoms. The second-order valence-corrected chi connectivity index (χ2v) is 8.66. The van der Waals surface area contributed by atoms with Crippen molar-refractivity contribution in [3.63, 3.8) is 0 Å². The number of carbonyl (C=O) groups excluding carboxylic acids is 2. The van der Waals surface area contributed by atoms with Crippen LogP contribution in [-0.4, -0.2) is 42.9 Å². The van der Waals surface area contributed by atoms with E-state index in [-0.39, 0.29) is 31.8 Å². The highest BCUT2D eigenvalue weighted by Gasteiger charge is 2.34. The molecule has 0 aliphatic carbocycles. The van der Waals surface area contributed by atoms with E-state index < -0.39 is 11.8 Å². The number of amides is 1. The molecule has 1 aromatic heterocycles. The van der Waals surface area contributed by atoms with Crippen LogP contribution < -0.4 is 15.8 Å². The van der Waals surface area contributed by atoms with Crippen LogP contribution in [0.3, 0.4) is 0 Å². The Kier molecular flexibility index (Phi) is 7.48. The van der Waals surface area contributed by atoms with Crippen LogP contribution in [0, 0.1) is 6.92 Å². The number of ether oxygens (including phenoxy) is 3. The second kappa shape index (κ2) is 10.7.